The minimum absolute atomic E-state index is 0.973. The lowest BCUT2D eigenvalue weighted by molar-refractivity contribution is 1.03. The van der Waals surface area contributed by atoms with Gasteiger partial charge in [0.1, 0.15) is 0 Å². The van der Waals surface area contributed by atoms with Crippen molar-refractivity contribution in [2.24, 2.45) is 0 Å². The molecule has 3 aliphatic rings. The van der Waals surface area contributed by atoms with Crippen LogP contribution in [0.2, 0.25) is 0 Å². The summed E-state index contributed by atoms with van der Waals surface area (Å²) in [6.07, 6.45) is 33.1. The second-order valence-corrected chi connectivity index (χ2v) is 7.60. The summed E-state index contributed by atoms with van der Waals surface area (Å²) >= 11 is 0. The normalized spacial score (nSPS) is 18.7. The van der Waals surface area contributed by atoms with Gasteiger partial charge in [-0.2, -0.15) is 0 Å². The number of allylic oxidation sites excluding steroid dienone is 18. The summed E-state index contributed by atoms with van der Waals surface area (Å²) in [5, 5.41) is 0. The van der Waals surface area contributed by atoms with E-state index < -0.39 is 0 Å². The van der Waals surface area contributed by atoms with Crippen LogP contribution in [0.5, 0.6) is 0 Å². The van der Waals surface area contributed by atoms with Gasteiger partial charge in [0.25, 0.3) is 0 Å². The van der Waals surface area contributed by atoms with E-state index in [9.17, 15) is 0 Å². The maximum absolute atomic E-state index is 2.39. The Labute approximate surface area is 175 Å². The third kappa shape index (κ3) is 4.84. The largest absolute Gasteiger partial charge is 0.0807 e. The molecule has 29 heavy (non-hydrogen) atoms. The maximum atomic E-state index is 2.39. The molecule has 0 heterocycles. The smallest absolute Gasteiger partial charge is 0.00884 e. The third-order valence-electron chi connectivity index (χ3n) is 5.58. The molecule has 0 aromatic heterocycles. The molecule has 144 valence electrons. The van der Waals surface area contributed by atoms with Gasteiger partial charge in [-0.1, -0.05) is 104 Å². The van der Waals surface area contributed by atoms with E-state index >= 15 is 0 Å². The standard InChI is InChI=1S/C29H28/c1-2-23-18-19-28(25-14-9-5-6-10-15-25)22-29(20-23)27-17-11-16-26(21-27)24-12-7-3-4-8-13-24/h3-5,7-12,14-17,19-22H,2,6,13,18H2,1H3. The van der Waals surface area contributed by atoms with Gasteiger partial charge in [0, 0.05) is 0 Å². The Hall–Kier alpha value is -3.12. The summed E-state index contributed by atoms with van der Waals surface area (Å²) in [6, 6.07) is 8.99. The van der Waals surface area contributed by atoms with Crippen LogP contribution < -0.4 is 0 Å². The lowest BCUT2D eigenvalue weighted by Crippen LogP contribution is -1.89. The van der Waals surface area contributed by atoms with Gasteiger partial charge >= 0.3 is 0 Å². The molecule has 0 spiro atoms. The van der Waals surface area contributed by atoms with E-state index in [0.717, 1.165) is 25.7 Å². The molecule has 0 atom stereocenters. The second-order valence-electron chi connectivity index (χ2n) is 7.60. The van der Waals surface area contributed by atoms with Crippen molar-refractivity contribution in [2.45, 2.75) is 32.6 Å². The number of hydrogen-bond donors (Lipinski definition) is 0. The van der Waals surface area contributed by atoms with E-state index in [2.05, 4.69) is 110 Å². The van der Waals surface area contributed by atoms with Crippen LogP contribution in [-0.4, -0.2) is 0 Å². The molecule has 0 amide bonds. The summed E-state index contributed by atoms with van der Waals surface area (Å²) in [6.45, 7) is 2.25. The van der Waals surface area contributed by atoms with Gasteiger partial charge in [0.2, 0.25) is 0 Å². The predicted molar refractivity (Wildman–Crippen MR) is 127 cm³/mol. The van der Waals surface area contributed by atoms with Crippen molar-refractivity contribution in [3.63, 3.8) is 0 Å². The van der Waals surface area contributed by atoms with Gasteiger partial charge < -0.3 is 0 Å². The molecular formula is C29H28. The van der Waals surface area contributed by atoms with Crippen LogP contribution in [0.3, 0.4) is 0 Å². The first kappa shape index (κ1) is 19.2. The van der Waals surface area contributed by atoms with Gasteiger partial charge in [-0.15, -0.1) is 0 Å². The lowest BCUT2D eigenvalue weighted by atomic mass is 9.94. The molecule has 0 fully saturated rings. The predicted octanol–water partition coefficient (Wildman–Crippen LogP) is 8.08. The average Bonchev–Trinajstić information content (AvgIpc) is 3.27. The van der Waals surface area contributed by atoms with Crippen molar-refractivity contribution < 1.29 is 0 Å². The summed E-state index contributed by atoms with van der Waals surface area (Å²) in [5.41, 5.74) is 9.33. The zero-order valence-electron chi connectivity index (χ0n) is 17.1. The van der Waals surface area contributed by atoms with Crippen molar-refractivity contribution >= 4 is 11.1 Å². The van der Waals surface area contributed by atoms with Crippen molar-refractivity contribution in [1.82, 2.24) is 0 Å². The second kappa shape index (κ2) is 9.39. The summed E-state index contributed by atoms with van der Waals surface area (Å²) in [5.74, 6) is 0. The fraction of sp³-hybridized carbons (Fsp3) is 0.172. The van der Waals surface area contributed by atoms with Crippen molar-refractivity contribution in [2.75, 3.05) is 0 Å². The molecule has 0 saturated heterocycles. The molecule has 1 aromatic rings. The first-order chi connectivity index (χ1) is 14.3. The first-order valence-electron chi connectivity index (χ1n) is 10.6. The highest BCUT2D eigenvalue weighted by Crippen LogP contribution is 2.31. The maximum Gasteiger partial charge on any atom is -0.00884 e. The van der Waals surface area contributed by atoms with E-state index in [1.807, 2.05) is 0 Å². The molecule has 0 nitrogen and oxygen atoms in total. The molecule has 3 aliphatic carbocycles. The van der Waals surface area contributed by atoms with Gasteiger partial charge in [-0.3, -0.25) is 0 Å². The van der Waals surface area contributed by atoms with Crippen molar-refractivity contribution in [3.05, 3.63) is 131 Å². The zero-order chi connectivity index (χ0) is 19.9. The molecule has 4 rings (SSSR count). The van der Waals surface area contributed by atoms with Crippen LogP contribution in [0.1, 0.15) is 43.7 Å². The number of rotatable bonds is 4. The fourth-order valence-electron chi connectivity index (χ4n) is 3.86. The molecule has 0 bridgehead atoms. The van der Waals surface area contributed by atoms with Gasteiger partial charge in [0.15, 0.2) is 0 Å². The Morgan fingerprint density at radius 3 is 2.62 bits per heavy atom. The highest BCUT2D eigenvalue weighted by molar-refractivity contribution is 5.81. The highest BCUT2D eigenvalue weighted by Gasteiger charge is 2.11. The van der Waals surface area contributed by atoms with Gasteiger partial charge in [-0.25, -0.2) is 0 Å². The topological polar surface area (TPSA) is 0 Å². The van der Waals surface area contributed by atoms with Crippen LogP contribution in [0, 0.1) is 0 Å². The fourth-order valence-corrected chi connectivity index (χ4v) is 3.86. The molecule has 1 aromatic carbocycles. The van der Waals surface area contributed by atoms with Gasteiger partial charge in [0.05, 0.1) is 0 Å². The number of benzene rings is 1. The lowest BCUT2D eigenvalue weighted by Gasteiger charge is -2.10. The molecular weight excluding hydrogens is 348 g/mol. The van der Waals surface area contributed by atoms with Crippen LogP contribution in [0.15, 0.2) is 120 Å². The van der Waals surface area contributed by atoms with Gasteiger partial charge in [-0.05, 0) is 71.2 Å². The zero-order valence-corrected chi connectivity index (χ0v) is 17.1. The Bertz CT molecular complexity index is 1040. The van der Waals surface area contributed by atoms with E-state index in [-0.39, 0.29) is 0 Å². The quantitative estimate of drug-likeness (QED) is 0.498. The summed E-state index contributed by atoms with van der Waals surface area (Å²) < 4.78 is 0. The Morgan fingerprint density at radius 2 is 1.69 bits per heavy atom. The van der Waals surface area contributed by atoms with Crippen LogP contribution in [-0.2, 0) is 0 Å². The van der Waals surface area contributed by atoms with Crippen LogP contribution in [0.4, 0.5) is 0 Å². The molecule has 0 saturated carbocycles. The van der Waals surface area contributed by atoms with Crippen LogP contribution in [0.25, 0.3) is 11.1 Å². The first-order valence-corrected chi connectivity index (χ1v) is 10.6. The van der Waals surface area contributed by atoms with Crippen molar-refractivity contribution in [1.29, 1.82) is 0 Å². The molecule has 0 aliphatic heterocycles. The van der Waals surface area contributed by atoms with E-state index in [0.29, 0.717) is 0 Å². The van der Waals surface area contributed by atoms with E-state index in [4.69, 9.17) is 0 Å². The third-order valence-corrected chi connectivity index (χ3v) is 5.58. The summed E-state index contributed by atoms with van der Waals surface area (Å²) in [4.78, 5) is 0. The minimum Gasteiger partial charge on any atom is -0.0807 e. The van der Waals surface area contributed by atoms with Crippen LogP contribution >= 0.6 is 0 Å². The Kier molecular flexibility index (Phi) is 6.22. The van der Waals surface area contributed by atoms with E-state index in [1.165, 1.54) is 39.0 Å². The Balaban J connectivity index is 1.74. The molecule has 0 N–H and O–H groups in total. The molecule has 0 unspecified atom stereocenters. The SMILES string of the molecule is CCC1=CC(c2cccc(C3=CC=CC=CC3)c2)=CC(C2=CC=CCC=C2)=CC1. The Morgan fingerprint density at radius 1 is 0.759 bits per heavy atom. The average molecular weight is 377 g/mol. The van der Waals surface area contributed by atoms with Crippen molar-refractivity contribution in [3.8, 4) is 0 Å². The summed E-state index contributed by atoms with van der Waals surface area (Å²) in [7, 11) is 0. The molecule has 0 heteroatoms. The monoisotopic (exact) mass is 376 g/mol. The highest BCUT2D eigenvalue weighted by atomic mass is 14.2. The minimum atomic E-state index is 0.973. The number of hydrogen-bond acceptors (Lipinski definition) is 0. The molecule has 0 radical (unpaired) electrons. The van der Waals surface area contributed by atoms with E-state index in [1.54, 1.807) is 0 Å².